The number of hydrogen-bond donors (Lipinski definition) is 0. The van der Waals surface area contributed by atoms with Crippen molar-refractivity contribution in [1.29, 1.82) is 0 Å². The Morgan fingerprint density at radius 3 is 2.88 bits per heavy atom. The van der Waals surface area contributed by atoms with Crippen molar-refractivity contribution < 1.29 is 9.53 Å². The van der Waals surface area contributed by atoms with E-state index >= 15 is 0 Å². The van der Waals surface area contributed by atoms with Gasteiger partial charge in [0.25, 0.3) is 0 Å². The first kappa shape index (κ1) is 11.1. The van der Waals surface area contributed by atoms with Gasteiger partial charge in [-0.3, -0.25) is 4.98 Å². The van der Waals surface area contributed by atoms with Gasteiger partial charge in [0.05, 0.1) is 5.56 Å². The first-order valence-electron chi connectivity index (χ1n) is 5.80. The van der Waals surface area contributed by atoms with E-state index in [0.29, 0.717) is 11.5 Å². The number of aromatic nitrogens is 1. The van der Waals surface area contributed by atoms with Gasteiger partial charge in [0.15, 0.2) is 0 Å². The Kier molecular flexibility index (Phi) is 3.91. The fourth-order valence-electron chi connectivity index (χ4n) is 1.98. The van der Waals surface area contributed by atoms with Crippen molar-refractivity contribution in [3.63, 3.8) is 0 Å². The molecule has 1 aromatic rings. The lowest BCUT2D eigenvalue weighted by molar-refractivity contribution is 0.0553. The molecule has 1 fully saturated rings. The Hall–Kier alpha value is -1.38. The molecule has 0 spiro atoms. The number of ether oxygens (including phenoxy) is 1. The summed E-state index contributed by atoms with van der Waals surface area (Å²) in [5.41, 5.74) is 0.509. The van der Waals surface area contributed by atoms with Crippen molar-refractivity contribution in [2.75, 3.05) is 0 Å². The summed E-state index contributed by atoms with van der Waals surface area (Å²) in [4.78, 5) is 15.5. The van der Waals surface area contributed by atoms with Gasteiger partial charge < -0.3 is 4.74 Å². The molecule has 0 saturated heterocycles. The Morgan fingerprint density at radius 2 is 2.19 bits per heavy atom. The van der Waals surface area contributed by atoms with Gasteiger partial charge in [0, 0.05) is 12.4 Å². The SMILES string of the molecule is O=C(O[CH]C1CCCCC1)c1cccnc1. The molecule has 3 nitrogen and oxygen atoms in total. The number of pyridine rings is 1. The van der Waals surface area contributed by atoms with E-state index in [1.165, 1.54) is 25.5 Å². The van der Waals surface area contributed by atoms with Gasteiger partial charge in [-0.15, -0.1) is 0 Å². The van der Waals surface area contributed by atoms with Gasteiger partial charge in [-0.25, -0.2) is 4.79 Å². The first-order valence-corrected chi connectivity index (χ1v) is 5.80. The quantitative estimate of drug-likeness (QED) is 0.732. The summed E-state index contributed by atoms with van der Waals surface area (Å²) >= 11 is 0. The lowest BCUT2D eigenvalue weighted by Crippen LogP contribution is -2.12. The summed E-state index contributed by atoms with van der Waals surface area (Å²) in [5.74, 6) is 0.132. The molecular weight excluding hydrogens is 202 g/mol. The molecule has 1 aromatic heterocycles. The van der Waals surface area contributed by atoms with Gasteiger partial charge in [-0.1, -0.05) is 19.3 Å². The highest BCUT2D eigenvalue weighted by atomic mass is 16.5. The van der Waals surface area contributed by atoms with Crippen LogP contribution >= 0.6 is 0 Å². The van der Waals surface area contributed by atoms with Gasteiger partial charge in [0.1, 0.15) is 6.61 Å². The maximum atomic E-state index is 11.6. The molecule has 1 saturated carbocycles. The van der Waals surface area contributed by atoms with Crippen LogP contribution in [-0.2, 0) is 4.74 Å². The molecule has 0 N–H and O–H groups in total. The summed E-state index contributed by atoms with van der Waals surface area (Å²) in [7, 11) is 0. The normalized spacial score (nSPS) is 17.0. The van der Waals surface area contributed by atoms with Crippen LogP contribution in [0.25, 0.3) is 0 Å². The number of nitrogens with zero attached hydrogens (tertiary/aromatic N) is 1. The van der Waals surface area contributed by atoms with Crippen LogP contribution in [0.15, 0.2) is 24.5 Å². The molecule has 1 aliphatic rings. The third kappa shape index (κ3) is 3.05. The summed E-state index contributed by atoms with van der Waals surface area (Å²) in [6, 6.07) is 3.45. The smallest absolute Gasteiger partial charge is 0.340 e. The fourth-order valence-corrected chi connectivity index (χ4v) is 1.98. The number of carbonyl (C=O) groups excluding carboxylic acids is 1. The standard InChI is InChI=1S/C13H16NO2/c15-13(12-7-4-8-14-9-12)16-10-11-5-2-1-3-6-11/h4,7-11H,1-3,5-6H2. The molecular formula is C13H16NO2. The highest BCUT2D eigenvalue weighted by molar-refractivity contribution is 5.89. The number of carbonyl (C=O) groups is 1. The zero-order valence-corrected chi connectivity index (χ0v) is 9.26. The minimum atomic E-state index is -0.307. The van der Waals surface area contributed by atoms with E-state index in [4.69, 9.17) is 4.74 Å². The molecule has 0 amide bonds. The molecule has 0 atom stereocenters. The highest BCUT2D eigenvalue weighted by Gasteiger charge is 2.16. The topological polar surface area (TPSA) is 39.2 Å². The first-order chi connectivity index (χ1) is 7.86. The lowest BCUT2D eigenvalue weighted by Gasteiger charge is -2.20. The Morgan fingerprint density at radius 1 is 1.38 bits per heavy atom. The third-order valence-corrected chi connectivity index (χ3v) is 2.91. The van der Waals surface area contributed by atoms with Crippen LogP contribution in [0.5, 0.6) is 0 Å². The van der Waals surface area contributed by atoms with Crippen LogP contribution in [-0.4, -0.2) is 11.0 Å². The van der Waals surface area contributed by atoms with Crippen molar-refractivity contribution >= 4 is 5.97 Å². The fraction of sp³-hybridized carbons (Fsp3) is 0.462. The maximum Gasteiger partial charge on any atom is 0.340 e. The molecule has 0 aliphatic heterocycles. The molecule has 1 heterocycles. The Labute approximate surface area is 95.8 Å². The van der Waals surface area contributed by atoms with Gasteiger partial charge in [0.2, 0.25) is 0 Å². The van der Waals surface area contributed by atoms with Gasteiger partial charge in [-0.2, -0.15) is 0 Å². The van der Waals surface area contributed by atoms with E-state index in [9.17, 15) is 4.79 Å². The van der Waals surface area contributed by atoms with E-state index in [1.807, 2.05) is 0 Å². The van der Waals surface area contributed by atoms with E-state index in [2.05, 4.69) is 4.98 Å². The zero-order valence-electron chi connectivity index (χ0n) is 9.26. The predicted molar refractivity (Wildman–Crippen MR) is 60.5 cm³/mol. The summed E-state index contributed by atoms with van der Waals surface area (Å²) < 4.78 is 5.16. The average Bonchev–Trinajstić information content (AvgIpc) is 2.38. The summed E-state index contributed by atoms with van der Waals surface area (Å²) in [6.07, 6.45) is 9.23. The van der Waals surface area contributed by atoms with E-state index < -0.39 is 0 Å². The molecule has 85 valence electrons. The molecule has 2 rings (SSSR count). The second-order valence-electron chi connectivity index (χ2n) is 4.18. The third-order valence-electron chi connectivity index (χ3n) is 2.91. The number of esters is 1. The highest BCUT2D eigenvalue weighted by Crippen LogP contribution is 2.26. The van der Waals surface area contributed by atoms with Crippen LogP contribution in [0.4, 0.5) is 0 Å². The molecule has 0 unspecified atom stereocenters. The van der Waals surface area contributed by atoms with E-state index in [0.717, 1.165) is 12.8 Å². The van der Waals surface area contributed by atoms with Gasteiger partial charge in [-0.05, 0) is 30.9 Å². The maximum absolute atomic E-state index is 11.6. The van der Waals surface area contributed by atoms with Crippen LogP contribution in [0.3, 0.4) is 0 Å². The minimum absolute atomic E-state index is 0.307. The van der Waals surface area contributed by atoms with Crippen molar-refractivity contribution in [1.82, 2.24) is 4.98 Å². The van der Waals surface area contributed by atoms with Gasteiger partial charge >= 0.3 is 5.97 Å². The minimum Gasteiger partial charge on any atom is -0.454 e. The van der Waals surface area contributed by atoms with Crippen molar-refractivity contribution in [2.24, 2.45) is 5.92 Å². The number of hydrogen-bond acceptors (Lipinski definition) is 3. The largest absolute Gasteiger partial charge is 0.454 e. The average molecular weight is 218 g/mol. The molecule has 1 aliphatic carbocycles. The Bertz CT molecular complexity index is 331. The van der Waals surface area contributed by atoms with Crippen LogP contribution in [0, 0.1) is 12.5 Å². The molecule has 3 heteroatoms. The number of rotatable bonds is 3. The molecule has 1 radical (unpaired) electrons. The van der Waals surface area contributed by atoms with Crippen molar-refractivity contribution in [2.45, 2.75) is 32.1 Å². The molecule has 0 aromatic carbocycles. The van der Waals surface area contributed by atoms with Crippen LogP contribution in [0.1, 0.15) is 42.5 Å². The molecule has 0 bridgehead atoms. The second-order valence-corrected chi connectivity index (χ2v) is 4.18. The van der Waals surface area contributed by atoms with Crippen LogP contribution in [0.2, 0.25) is 0 Å². The monoisotopic (exact) mass is 218 g/mol. The van der Waals surface area contributed by atoms with E-state index in [1.54, 1.807) is 24.9 Å². The van der Waals surface area contributed by atoms with Crippen molar-refractivity contribution in [3.05, 3.63) is 36.7 Å². The Balaban J connectivity index is 1.79. The molecule has 16 heavy (non-hydrogen) atoms. The predicted octanol–water partition coefficient (Wildman–Crippen LogP) is 2.98. The van der Waals surface area contributed by atoms with Crippen molar-refractivity contribution in [3.8, 4) is 0 Å². The lowest BCUT2D eigenvalue weighted by atomic mass is 9.90. The zero-order chi connectivity index (χ0) is 11.2. The second kappa shape index (κ2) is 5.64. The summed E-state index contributed by atoms with van der Waals surface area (Å²) in [5, 5.41) is 0. The van der Waals surface area contributed by atoms with Crippen LogP contribution < -0.4 is 0 Å². The van der Waals surface area contributed by atoms with E-state index in [-0.39, 0.29) is 5.97 Å². The summed E-state index contributed by atoms with van der Waals surface area (Å²) in [6.45, 7) is 1.70.